The summed E-state index contributed by atoms with van der Waals surface area (Å²) in [4.78, 5) is 32.8. The molecule has 2 aromatic carbocycles. The smallest absolute Gasteiger partial charge is 0.247 e. The van der Waals surface area contributed by atoms with E-state index in [1.807, 2.05) is 30.3 Å². The maximum atomic E-state index is 13.1. The summed E-state index contributed by atoms with van der Waals surface area (Å²) in [5.41, 5.74) is 1.54. The third-order valence-corrected chi connectivity index (χ3v) is 10.2. The Morgan fingerprint density at radius 3 is 2.56 bits per heavy atom. The molecule has 1 spiro atoms. The van der Waals surface area contributed by atoms with Crippen LogP contribution in [0.1, 0.15) is 63.9 Å². The largest absolute Gasteiger partial charge is 0.497 e. The van der Waals surface area contributed by atoms with Crippen LogP contribution in [0.4, 0.5) is 5.69 Å². The Labute approximate surface area is 254 Å². The third-order valence-electron chi connectivity index (χ3n) is 9.50. The van der Waals surface area contributed by atoms with E-state index >= 15 is 0 Å². The van der Waals surface area contributed by atoms with Gasteiger partial charge in [-0.2, -0.15) is 0 Å². The van der Waals surface area contributed by atoms with Gasteiger partial charge in [0.2, 0.25) is 11.8 Å². The molecule has 41 heavy (non-hydrogen) atoms. The van der Waals surface area contributed by atoms with Gasteiger partial charge in [-0.3, -0.25) is 9.59 Å². The minimum absolute atomic E-state index is 0.123. The molecular formula is C32H42Cl2N4O3. The second-order valence-electron chi connectivity index (χ2n) is 11.8. The van der Waals surface area contributed by atoms with Crippen molar-refractivity contribution in [3.63, 3.8) is 0 Å². The molecule has 3 saturated heterocycles. The van der Waals surface area contributed by atoms with Crippen molar-refractivity contribution < 1.29 is 14.3 Å². The number of rotatable bonds is 10. The molecule has 3 fully saturated rings. The quantitative estimate of drug-likeness (QED) is 0.369. The van der Waals surface area contributed by atoms with Crippen LogP contribution in [0.2, 0.25) is 10.0 Å². The standard InChI is InChI=1S/C32H42Cl2N4O3/c1-3-4-9-29(39)37-19-13-31(22-37,24-10-11-27(33)28(34)20-24)12-6-16-36-17-14-32(15-18-36)30(40)35-23-38(32)25-7-5-8-26(21-25)41-2/h5,7-8,10-11,20-21H,3-4,6,9,12-19,22-23H2,1-2H3,(H,35,40). The number of benzene rings is 2. The predicted octanol–water partition coefficient (Wildman–Crippen LogP) is 5.87. The number of ether oxygens (including phenoxy) is 1. The van der Waals surface area contributed by atoms with E-state index in [0.717, 1.165) is 89.1 Å². The molecule has 1 N–H and O–H groups in total. The Hall–Kier alpha value is -2.48. The Morgan fingerprint density at radius 2 is 1.83 bits per heavy atom. The van der Waals surface area contributed by atoms with Crippen molar-refractivity contribution >= 4 is 40.7 Å². The number of nitrogens with one attached hydrogen (secondary N) is 1. The first-order valence-corrected chi connectivity index (χ1v) is 15.7. The number of piperidine rings is 1. The summed E-state index contributed by atoms with van der Waals surface area (Å²) in [6, 6.07) is 13.9. The Morgan fingerprint density at radius 1 is 1.02 bits per heavy atom. The van der Waals surface area contributed by atoms with Gasteiger partial charge in [-0.15, -0.1) is 0 Å². The van der Waals surface area contributed by atoms with Crippen molar-refractivity contribution in [3.05, 3.63) is 58.1 Å². The molecule has 1 atom stereocenters. The number of anilines is 1. The van der Waals surface area contributed by atoms with Crippen LogP contribution in [0, 0.1) is 0 Å². The summed E-state index contributed by atoms with van der Waals surface area (Å²) in [7, 11) is 1.67. The van der Waals surface area contributed by atoms with Gasteiger partial charge in [-0.05, 0) is 74.9 Å². The van der Waals surface area contributed by atoms with Crippen molar-refractivity contribution in [3.8, 4) is 5.75 Å². The molecule has 3 heterocycles. The van der Waals surface area contributed by atoms with Gasteiger partial charge in [0.15, 0.2) is 0 Å². The molecule has 1 unspecified atom stereocenters. The van der Waals surface area contributed by atoms with Gasteiger partial charge in [0.05, 0.1) is 23.8 Å². The van der Waals surface area contributed by atoms with Crippen molar-refractivity contribution in [2.24, 2.45) is 0 Å². The number of methoxy groups -OCH3 is 1. The van der Waals surface area contributed by atoms with Crippen LogP contribution < -0.4 is 15.0 Å². The number of hydrogen-bond acceptors (Lipinski definition) is 5. The number of unbranched alkanes of at least 4 members (excludes halogenated alkanes) is 1. The molecule has 0 aliphatic carbocycles. The molecule has 0 saturated carbocycles. The number of carbonyl (C=O) groups excluding carboxylic acids is 2. The first kappa shape index (κ1) is 30.0. The molecule has 9 heteroatoms. The second-order valence-corrected chi connectivity index (χ2v) is 12.7. The lowest BCUT2D eigenvalue weighted by Gasteiger charge is -2.43. The summed E-state index contributed by atoms with van der Waals surface area (Å²) >= 11 is 12.7. The number of amides is 2. The van der Waals surface area contributed by atoms with Crippen molar-refractivity contribution in [2.45, 2.75) is 69.2 Å². The molecular weight excluding hydrogens is 559 g/mol. The Kier molecular flexibility index (Phi) is 9.37. The van der Waals surface area contributed by atoms with Crippen LogP contribution in [-0.4, -0.2) is 73.7 Å². The lowest BCUT2D eigenvalue weighted by Crippen LogP contribution is -2.56. The fourth-order valence-electron chi connectivity index (χ4n) is 6.97. The van der Waals surface area contributed by atoms with E-state index in [2.05, 4.69) is 39.1 Å². The third kappa shape index (κ3) is 6.18. The Balaban J connectivity index is 1.23. The van der Waals surface area contributed by atoms with Crippen LogP contribution in [0.25, 0.3) is 0 Å². The lowest BCUT2D eigenvalue weighted by atomic mass is 9.76. The molecule has 2 aromatic rings. The molecule has 222 valence electrons. The van der Waals surface area contributed by atoms with Crippen molar-refractivity contribution in [2.75, 3.05) is 51.4 Å². The van der Waals surface area contributed by atoms with Gasteiger partial charge in [-0.1, -0.05) is 48.7 Å². The summed E-state index contributed by atoms with van der Waals surface area (Å²) in [5, 5.41) is 4.22. The predicted molar refractivity (Wildman–Crippen MR) is 165 cm³/mol. The first-order valence-electron chi connectivity index (χ1n) is 15.0. The van der Waals surface area contributed by atoms with Gasteiger partial charge < -0.3 is 24.8 Å². The highest BCUT2D eigenvalue weighted by Gasteiger charge is 2.50. The van der Waals surface area contributed by atoms with Crippen molar-refractivity contribution in [1.29, 1.82) is 0 Å². The van der Waals surface area contributed by atoms with Gasteiger partial charge in [0, 0.05) is 49.8 Å². The summed E-state index contributed by atoms with van der Waals surface area (Å²) in [5.74, 6) is 1.17. The molecule has 0 bridgehead atoms. The minimum Gasteiger partial charge on any atom is -0.497 e. The average molecular weight is 602 g/mol. The topological polar surface area (TPSA) is 65.1 Å². The van der Waals surface area contributed by atoms with Crippen LogP contribution in [0.15, 0.2) is 42.5 Å². The molecule has 7 nitrogen and oxygen atoms in total. The average Bonchev–Trinajstić information content (AvgIpc) is 3.56. The SMILES string of the molecule is CCCCC(=O)N1CCC(CCCN2CCC3(CC2)C(=O)NCN3c2cccc(OC)c2)(c2ccc(Cl)c(Cl)c2)C1. The zero-order valence-corrected chi connectivity index (χ0v) is 25.8. The van der Waals surface area contributed by atoms with Crippen LogP contribution in [0.3, 0.4) is 0 Å². The first-order chi connectivity index (χ1) is 19.8. The molecule has 3 aliphatic rings. The lowest BCUT2D eigenvalue weighted by molar-refractivity contribution is -0.130. The highest BCUT2D eigenvalue weighted by Crippen LogP contribution is 2.42. The number of nitrogens with zero attached hydrogens (tertiary/aromatic N) is 3. The van der Waals surface area contributed by atoms with Crippen LogP contribution in [-0.2, 0) is 15.0 Å². The number of hydrogen-bond donors (Lipinski definition) is 1. The molecule has 5 rings (SSSR count). The zero-order valence-electron chi connectivity index (χ0n) is 24.3. The van der Waals surface area contributed by atoms with Gasteiger partial charge in [-0.25, -0.2) is 0 Å². The monoisotopic (exact) mass is 600 g/mol. The number of halogens is 2. The summed E-state index contributed by atoms with van der Waals surface area (Å²) < 4.78 is 5.43. The van der Waals surface area contributed by atoms with E-state index in [4.69, 9.17) is 27.9 Å². The van der Waals surface area contributed by atoms with Crippen LogP contribution in [0.5, 0.6) is 5.75 Å². The fraction of sp³-hybridized carbons (Fsp3) is 0.562. The molecule has 0 aromatic heterocycles. The van der Waals surface area contributed by atoms with E-state index in [0.29, 0.717) is 23.1 Å². The minimum atomic E-state index is -0.519. The van der Waals surface area contributed by atoms with Crippen LogP contribution >= 0.6 is 23.2 Å². The molecule has 3 aliphatic heterocycles. The van der Waals surface area contributed by atoms with Gasteiger partial charge in [0.1, 0.15) is 11.3 Å². The highest BCUT2D eigenvalue weighted by atomic mass is 35.5. The maximum absolute atomic E-state index is 13.1. The van der Waals surface area contributed by atoms with E-state index in [1.165, 1.54) is 5.56 Å². The van der Waals surface area contributed by atoms with E-state index in [9.17, 15) is 9.59 Å². The van der Waals surface area contributed by atoms with E-state index in [1.54, 1.807) is 7.11 Å². The summed E-state index contributed by atoms with van der Waals surface area (Å²) in [6.07, 6.45) is 7.05. The molecule has 0 radical (unpaired) electrons. The fourth-order valence-corrected chi connectivity index (χ4v) is 7.27. The Bertz CT molecular complexity index is 1250. The zero-order chi connectivity index (χ0) is 29.0. The maximum Gasteiger partial charge on any atom is 0.247 e. The second kappa shape index (κ2) is 12.8. The van der Waals surface area contributed by atoms with Crippen molar-refractivity contribution in [1.82, 2.24) is 15.1 Å². The van der Waals surface area contributed by atoms with Gasteiger partial charge in [0.25, 0.3) is 0 Å². The van der Waals surface area contributed by atoms with E-state index in [-0.39, 0.29) is 17.2 Å². The van der Waals surface area contributed by atoms with E-state index < -0.39 is 5.54 Å². The number of carbonyl (C=O) groups is 2. The normalized spacial score (nSPS) is 22.4. The number of likely N-dealkylation sites (tertiary alicyclic amines) is 2. The molecule has 2 amide bonds. The highest BCUT2D eigenvalue weighted by molar-refractivity contribution is 6.42. The van der Waals surface area contributed by atoms with Gasteiger partial charge >= 0.3 is 0 Å². The summed E-state index contributed by atoms with van der Waals surface area (Å²) in [6.45, 7) is 6.85.